The maximum atomic E-state index is 10.2. The average molecular weight is 167 g/mol. The zero-order chi connectivity index (χ0) is 7.56. The molecule has 1 aliphatic heterocycles. The Balaban J connectivity index is 0.000001000. The molecule has 0 N–H and O–H groups in total. The topological polar surface area (TPSA) is 52.6 Å². The molecule has 0 bridgehead atoms. The first-order chi connectivity index (χ1) is 4.74. The summed E-state index contributed by atoms with van der Waals surface area (Å²) in [7, 11) is 1.59. The van der Waals surface area contributed by atoms with Gasteiger partial charge in [0, 0.05) is 20.2 Å². The summed E-state index contributed by atoms with van der Waals surface area (Å²) >= 11 is 0. The van der Waals surface area contributed by atoms with E-state index in [4.69, 9.17) is 4.74 Å². The first-order valence-electron chi connectivity index (χ1n) is 3.22. The fraction of sp³-hybridized carbons (Fsp3) is 0.833. The smallest absolute Gasteiger partial charge is 0.530 e. The van der Waals surface area contributed by atoms with Crippen LogP contribution in [0.15, 0.2) is 0 Å². The molecule has 1 atom stereocenters. The Kier molecular flexibility index (Phi) is 5.08. The third-order valence-electron chi connectivity index (χ3n) is 1.74. The molecule has 0 radical (unpaired) electrons. The van der Waals surface area contributed by atoms with Crippen molar-refractivity contribution in [2.24, 2.45) is 0 Å². The van der Waals surface area contributed by atoms with Crippen molar-refractivity contribution in [2.45, 2.75) is 12.5 Å². The van der Waals surface area contributed by atoms with Gasteiger partial charge in [0.25, 0.3) is 0 Å². The molecule has 1 aliphatic rings. The van der Waals surface area contributed by atoms with Crippen LogP contribution < -0.4 is 34.7 Å². The van der Waals surface area contributed by atoms with E-state index in [0.717, 1.165) is 6.42 Å². The van der Waals surface area contributed by atoms with Crippen LogP contribution >= 0.6 is 0 Å². The molecule has 58 valence electrons. The molecule has 11 heavy (non-hydrogen) atoms. The molecule has 4 nitrogen and oxygen atoms in total. The van der Waals surface area contributed by atoms with Gasteiger partial charge in [0.1, 0.15) is 6.09 Å². The second-order valence-corrected chi connectivity index (χ2v) is 2.36. The molecule has 0 spiro atoms. The van der Waals surface area contributed by atoms with Crippen molar-refractivity contribution in [3.8, 4) is 0 Å². The number of hydrogen-bond acceptors (Lipinski definition) is 3. The maximum absolute atomic E-state index is 10.2. The Morgan fingerprint density at radius 2 is 2.36 bits per heavy atom. The van der Waals surface area contributed by atoms with E-state index in [-0.39, 0.29) is 35.7 Å². The van der Waals surface area contributed by atoms with Crippen molar-refractivity contribution in [3.05, 3.63) is 0 Å². The molecule has 0 unspecified atom stereocenters. The number of carbonyl (C=O) groups excluding carboxylic acids is 1. The van der Waals surface area contributed by atoms with Gasteiger partial charge in [-0.25, -0.2) is 0 Å². The molecule has 1 fully saturated rings. The summed E-state index contributed by atoms with van der Waals surface area (Å²) in [6.45, 7) is 1.000. The van der Waals surface area contributed by atoms with E-state index in [0.29, 0.717) is 13.1 Å². The number of nitrogens with zero attached hydrogens (tertiary/aromatic N) is 1. The number of likely N-dealkylation sites (tertiary alicyclic amines) is 1. The third kappa shape index (κ3) is 2.99. The Morgan fingerprint density at radius 3 is 2.64 bits per heavy atom. The van der Waals surface area contributed by atoms with Crippen LogP contribution in [0.3, 0.4) is 0 Å². The monoisotopic (exact) mass is 167 g/mol. The van der Waals surface area contributed by atoms with Crippen LogP contribution in [-0.2, 0) is 4.74 Å². The van der Waals surface area contributed by atoms with Gasteiger partial charge < -0.3 is 19.5 Å². The predicted molar refractivity (Wildman–Crippen MR) is 32.4 cm³/mol. The quantitative estimate of drug-likeness (QED) is 0.375. The summed E-state index contributed by atoms with van der Waals surface area (Å²) in [6.07, 6.45) is -0.248. The predicted octanol–water partition coefficient (Wildman–Crippen LogP) is -3.95. The van der Waals surface area contributed by atoms with E-state index in [1.807, 2.05) is 0 Å². The third-order valence-corrected chi connectivity index (χ3v) is 1.74. The maximum Gasteiger partial charge on any atom is 1.00 e. The standard InChI is InChI=1S/C6H11NO3.Na/c1-10-5-2-3-7(4-5)6(8)9;/h5H,2-4H2,1H3,(H,8,9);/q;+1/p-1/t5-;/m0./s1. The Labute approximate surface area is 87.8 Å². The zero-order valence-corrected chi connectivity index (χ0v) is 8.87. The number of ether oxygens (including phenoxy) is 1. The summed E-state index contributed by atoms with van der Waals surface area (Å²) in [6, 6.07) is 0. The van der Waals surface area contributed by atoms with Crippen molar-refractivity contribution in [3.63, 3.8) is 0 Å². The van der Waals surface area contributed by atoms with Gasteiger partial charge in [0.15, 0.2) is 0 Å². The van der Waals surface area contributed by atoms with Gasteiger partial charge in [-0.3, -0.25) is 0 Å². The minimum atomic E-state index is -1.10. The zero-order valence-electron chi connectivity index (χ0n) is 6.87. The molecule has 0 aliphatic carbocycles. The molecular formula is C6H10NNaO3. The second-order valence-electron chi connectivity index (χ2n) is 2.36. The van der Waals surface area contributed by atoms with Crippen LogP contribution in [-0.4, -0.2) is 37.3 Å². The van der Waals surface area contributed by atoms with Gasteiger partial charge in [-0.2, -0.15) is 0 Å². The molecule has 1 heterocycles. The Hall–Kier alpha value is 0.230. The van der Waals surface area contributed by atoms with E-state index < -0.39 is 6.09 Å². The molecule has 1 amide bonds. The molecule has 0 saturated carbocycles. The van der Waals surface area contributed by atoms with Crippen LogP contribution in [0.5, 0.6) is 0 Å². The van der Waals surface area contributed by atoms with Gasteiger partial charge in [-0.05, 0) is 6.42 Å². The minimum Gasteiger partial charge on any atom is -0.530 e. The van der Waals surface area contributed by atoms with Crippen LogP contribution in [0, 0.1) is 0 Å². The van der Waals surface area contributed by atoms with Gasteiger partial charge in [-0.1, -0.05) is 0 Å². The van der Waals surface area contributed by atoms with Gasteiger partial charge >= 0.3 is 29.6 Å². The molecule has 5 heteroatoms. The van der Waals surface area contributed by atoms with E-state index >= 15 is 0 Å². The van der Waals surface area contributed by atoms with Crippen molar-refractivity contribution in [1.29, 1.82) is 0 Å². The van der Waals surface area contributed by atoms with E-state index in [2.05, 4.69) is 0 Å². The summed E-state index contributed by atoms with van der Waals surface area (Å²) in [4.78, 5) is 11.5. The summed E-state index contributed by atoms with van der Waals surface area (Å²) in [5.74, 6) is 0. The van der Waals surface area contributed by atoms with Crippen molar-refractivity contribution in [2.75, 3.05) is 20.2 Å². The largest absolute Gasteiger partial charge is 1.00 e. The molecule has 1 saturated heterocycles. The van der Waals surface area contributed by atoms with Gasteiger partial charge in [0.2, 0.25) is 0 Å². The number of carbonyl (C=O) groups is 1. The van der Waals surface area contributed by atoms with Crippen LogP contribution in [0.1, 0.15) is 6.42 Å². The number of carboxylic acid groups (broad SMARTS) is 1. The van der Waals surface area contributed by atoms with Crippen molar-refractivity contribution in [1.82, 2.24) is 4.90 Å². The van der Waals surface area contributed by atoms with Crippen LogP contribution in [0.2, 0.25) is 0 Å². The summed E-state index contributed by atoms with van der Waals surface area (Å²) in [5.41, 5.74) is 0. The fourth-order valence-electron chi connectivity index (χ4n) is 1.09. The first-order valence-corrected chi connectivity index (χ1v) is 3.22. The second kappa shape index (κ2) is 4.98. The molecule has 1 rings (SSSR count). The van der Waals surface area contributed by atoms with E-state index in [9.17, 15) is 9.90 Å². The Bertz CT molecular complexity index is 142. The van der Waals surface area contributed by atoms with Gasteiger partial charge in [-0.15, -0.1) is 0 Å². The number of amides is 1. The fourth-order valence-corrected chi connectivity index (χ4v) is 1.09. The normalized spacial score (nSPS) is 23.0. The summed E-state index contributed by atoms with van der Waals surface area (Å²) in [5, 5.41) is 10.2. The minimum absolute atomic E-state index is 0. The molecular weight excluding hydrogens is 157 g/mol. The Morgan fingerprint density at radius 1 is 1.73 bits per heavy atom. The van der Waals surface area contributed by atoms with Crippen LogP contribution in [0.25, 0.3) is 0 Å². The van der Waals surface area contributed by atoms with E-state index in [1.54, 1.807) is 7.11 Å². The number of rotatable bonds is 1. The van der Waals surface area contributed by atoms with E-state index in [1.165, 1.54) is 4.90 Å². The summed E-state index contributed by atoms with van der Waals surface area (Å²) < 4.78 is 4.96. The number of hydrogen-bond donors (Lipinski definition) is 0. The van der Waals surface area contributed by atoms with Crippen molar-refractivity contribution >= 4 is 6.09 Å². The molecule has 0 aromatic heterocycles. The first kappa shape index (κ1) is 11.2. The average Bonchev–Trinajstić information content (AvgIpc) is 2.34. The van der Waals surface area contributed by atoms with Crippen molar-refractivity contribution < 1.29 is 44.2 Å². The number of methoxy groups -OCH3 is 1. The molecule has 0 aromatic carbocycles. The van der Waals surface area contributed by atoms with Crippen LogP contribution in [0.4, 0.5) is 4.79 Å². The SMILES string of the molecule is CO[C@H]1CCN(C(=O)[O-])C1.[Na+]. The van der Waals surface area contributed by atoms with Gasteiger partial charge in [0.05, 0.1) is 6.10 Å². The molecule has 0 aromatic rings.